The first-order valence-electron chi connectivity index (χ1n) is 12.6. The van der Waals surface area contributed by atoms with Crippen LogP contribution in [0.1, 0.15) is 78.9 Å². The first kappa shape index (κ1) is 26.5. The van der Waals surface area contributed by atoms with Gasteiger partial charge in [0.15, 0.2) is 11.8 Å². The van der Waals surface area contributed by atoms with Crippen LogP contribution in [0.5, 0.6) is 0 Å². The second kappa shape index (κ2) is 10.6. The monoisotopic (exact) mass is 468 g/mol. The first-order chi connectivity index (χ1) is 15.9. The Bertz CT molecular complexity index is 847. The standard InChI is InChI=1S/C29H44N2O3/c1-9-21-12-14-22(15-13-21)18-32-17-11-10-16-29(8,25-30-23(19-33-25)27(2,3)4)26-31-24(20-34-26)28(5,6)7/h9,12-15,23-24H,1,10-11,16-20H2,2-8H3/t23-,24-/m1/s1. The molecule has 5 heteroatoms. The summed E-state index contributed by atoms with van der Waals surface area (Å²) >= 11 is 0. The minimum Gasteiger partial charge on any atom is -0.478 e. The molecule has 0 saturated carbocycles. The number of hydrogen-bond acceptors (Lipinski definition) is 5. The summed E-state index contributed by atoms with van der Waals surface area (Å²) in [6.45, 7) is 21.9. The molecule has 2 aliphatic rings. The fourth-order valence-electron chi connectivity index (χ4n) is 4.17. The molecular formula is C29H44N2O3. The first-order valence-corrected chi connectivity index (χ1v) is 12.6. The van der Waals surface area contributed by atoms with Gasteiger partial charge < -0.3 is 14.2 Å². The van der Waals surface area contributed by atoms with Gasteiger partial charge in [-0.3, -0.25) is 0 Å². The zero-order chi connectivity index (χ0) is 25.0. The van der Waals surface area contributed by atoms with Crippen molar-refractivity contribution in [2.45, 2.75) is 86.4 Å². The summed E-state index contributed by atoms with van der Waals surface area (Å²) in [5.41, 5.74) is 1.98. The largest absolute Gasteiger partial charge is 0.478 e. The Kier molecular flexibility index (Phi) is 8.28. The lowest BCUT2D eigenvalue weighted by atomic mass is 9.83. The molecule has 0 fully saturated rings. The van der Waals surface area contributed by atoms with E-state index in [9.17, 15) is 0 Å². The second-order valence-corrected chi connectivity index (χ2v) is 12.0. The summed E-state index contributed by atoms with van der Waals surface area (Å²) in [6, 6.07) is 8.62. The summed E-state index contributed by atoms with van der Waals surface area (Å²) in [7, 11) is 0. The summed E-state index contributed by atoms with van der Waals surface area (Å²) in [5.74, 6) is 1.56. The fourth-order valence-corrected chi connectivity index (χ4v) is 4.17. The van der Waals surface area contributed by atoms with E-state index < -0.39 is 5.41 Å². The van der Waals surface area contributed by atoms with Crippen molar-refractivity contribution in [3.63, 3.8) is 0 Å². The third kappa shape index (κ3) is 6.50. The molecule has 0 radical (unpaired) electrons. The molecule has 0 bridgehead atoms. The van der Waals surface area contributed by atoms with E-state index in [-0.39, 0.29) is 22.9 Å². The molecule has 1 aromatic rings. The molecule has 0 amide bonds. The molecule has 0 aromatic heterocycles. The molecular weight excluding hydrogens is 424 g/mol. The Morgan fingerprint density at radius 2 is 1.41 bits per heavy atom. The lowest BCUT2D eigenvalue weighted by molar-refractivity contribution is 0.115. The number of aliphatic imine (C=N–C) groups is 2. The van der Waals surface area contributed by atoms with E-state index in [4.69, 9.17) is 24.2 Å². The van der Waals surface area contributed by atoms with E-state index in [1.165, 1.54) is 5.56 Å². The minimum absolute atomic E-state index is 0.0622. The van der Waals surface area contributed by atoms with Crippen molar-refractivity contribution in [1.82, 2.24) is 0 Å². The van der Waals surface area contributed by atoms with Crippen molar-refractivity contribution in [3.05, 3.63) is 42.0 Å². The molecule has 2 atom stereocenters. The third-order valence-electron chi connectivity index (χ3n) is 6.95. The molecule has 5 nitrogen and oxygen atoms in total. The van der Waals surface area contributed by atoms with Crippen LogP contribution in [-0.2, 0) is 20.8 Å². The van der Waals surface area contributed by atoms with E-state index in [1.807, 2.05) is 6.08 Å². The van der Waals surface area contributed by atoms with E-state index in [1.54, 1.807) is 0 Å². The van der Waals surface area contributed by atoms with E-state index in [0.29, 0.717) is 19.8 Å². The Morgan fingerprint density at radius 1 is 0.882 bits per heavy atom. The van der Waals surface area contributed by atoms with Crippen LogP contribution in [0.15, 0.2) is 40.8 Å². The van der Waals surface area contributed by atoms with E-state index in [2.05, 4.69) is 79.3 Å². The number of nitrogens with zero attached hydrogens (tertiary/aromatic N) is 2. The van der Waals surface area contributed by atoms with Gasteiger partial charge in [0.05, 0.1) is 18.7 Å². The van der Waals surface area contributed by atoms with Gasteiger partial charge in [-0.25, -0.2) is 9.98 Å². The van der Waals surface area contributed by atoms with Gasteiger partial charge in [0.2, 0.25) is 0 Å². The summed E-state index contributed by atoms with van der Waals surface area (Å²) < 4.78 is 18.3. The second-order valence-electron chi connectivity index (χ2n) is 12.0. The van der Waals surface area contributed by atoms with Crippen LogP contribution in [0.25, 0.3) is 6.08 Å². The van der Waals surface area contributed by atoms with Crippen LogP contribution in [0.2, 0.25) is 0 Å². The zero-order valence-corrected chi connectivity index (χ0v) is 22.3. The van der Waals surface area contributed by atoms with Gasteiger partial charge in [0.1, 0.15) is 18.6 Å². The van der Waals surface area contributed by atoms with Gasteiger partial charge in [-0.05, 0) is 48.1 Å². The highest BCUT2D eigenvalue weighted by molar-refractivity contribution is 6.05. The van der Waals surface area contributed by atoms with Crippen LogP contribution in [0, 0.1) is 16.2 Å². The summed E-state index contributed by atoms with van der Waals surface area (Å²) in [4.78, 5) is 10.1. The Morgan fingerprint density at radius 3 is 1.85 bits per heavy atom. The lowest BCUT2D eigenvalue weighted by Crippen LogP contribution is -2.37. The lowest BCUT2D eigenvalue weighted by Gasteiger charge is -2.28. The molecule has 0 spiro atoms. The summed E-state index contributed by atoms with van der Waals surface area (Å²) in [5, 5.41) is 0. The van der Waals surface area contributed by atoms with Crippen LogP contribution in [0.3, 0.4) is 0 Å². The van der Waals surface area contributed by atoms with Crippen molar-refractivity contribution >= 4 is 17.9 Å². The highest BCUT2D eigenvalue weighted by Crippen LogP contribution is 2.39. The van der Waals surface area contributed by atoms with Gasteiger partial charge in [0, 0.05) is 6.61 Å². The SMILES string of the molecule is C=Cc1ccc(COCCCCC(C)(C2=N[C@@H](C(C)(C)C)CO2)C2=N[C@@H](C(C)(C)C)CO2)cc1. The minimum atomic E-state index is -0.444. The van der Waals surface area contributed by atoms with Crippen LogP contribution >= 0.6 is 0 Å². The van der Waals surface area contributed by atoms with E-state index >= 15 is 0 Å². The maximum absolute atomic E-state index is 6.20. The van der Waals surface area contributed by atoms with Gasteiger partial charge >= 0.3 is 0 Å². The maximum atomic E-state index is 6.20. The van der Waals surface area contributed by atoms with Crippen molar-refractivity contribution in [2.24, 2.45) is 26.2 Å². The highest BCUT2D eigenvalue weighted by Gasteiger charge is 2.47. The molecule has 2 heterocycles. The van der Waals surface area contributed by atoms with Crippen molar-refractivity contribution in [2.75, 3.05) is 19.8 Å². The number of hydrogen-bond donors (Lipinski definition) is 0. The average molecular weight is 469 g/mol. The van der Waals surface area contributed by atoms with Crippen LogP contribution in [0.4, 0.5) is 0 Å². The topological polar surface area (TPSA) is 52.4 Å². The molecule has 188 valence electrons. The maximum Gasteiger partial charge on any atom is 0.199 e. The predicted molar refractivity (Wildman–Crippen MR) is 141 cm³/mol. The molecule has 0 N–H and O–H groups in total. The zero-order valence-electron chi connectivity index (χ0n) is 22.3. The molecule has 34 heavy (non-hydrogen) atoms. The van der Waals surface area contributed by atoms with Crippen molar-refractivity contribution < 1.29 is 14.2 Å². The quantitative estimate of drug-likeness (QED) is 0.359. The van der Waals surface area contributed by atoms with Gasteiger partial charge in [-0.2, -0.15) is 0 Å². The normalized spacial score (nSPS) is 21.0. The molecule has 0 aliphatic carbocycles. The number of rotatable bonds is 10. The van der Waals surface area contributed by atoms with Crippen molar-refractivity contribution in [1.29, 1.82) is 0 Å². The fraction of sp³-hybridized carbons (Fsp3) is 0.655. The van der Waals surface area contributed by atoms with Gasteiger partial charge in [-0.1, -0.05) is 78.5 Å². The molecule has 3 rings (SSSR count). The number of unbranched alkanes of at least 4 members (excludes halogenated alkanes) is 1. The smallest absolute Gasteiger partial charge is 0.199 e. The number of benzene rings is 1. The summed E-state index contributed by atoms with van der Waals surface area (Å²) in [6.07, 6.45) is 4.67. The Balaban J connectivity index is 1.62. The van der Waals surface area contributed by atoms with Gasteiger partial charge in [0.25, 0.3) is 0 Å². The van der Waals surface area contributed by atoms with Crippen LogP contribution in [-0.4, -0.2) is 43.7 Å². The molecule has 0 saturated heterocycles. The van der Waals surface area contributed by atoms with Crippen LogP contribution < -0.4 is 0 Å². The Labute approximate surface area is 206 Å². The van der Waals surface area contributed by atoms with E-state index in [0.717, 1.165) is 43.2 Å². The van der Waals surface area contributed by atoms with Crippen molar-refractivity contribution in [3.8, 4) is 0 Å². The molecule has 1 aromatic carbocycles. The molecule has 2 aliphatic heterocycles. The highest BCUT2D eigenvalue weighted by atomic mass is 16.5. The number of ether oxygens (including phenoxy) is 3. The van der Waals surface area contributed by atoms with Gasteiger partial charge in [-0.15, -0.1) is 0 Å². The Hall–Kier alpha value is -2.14. The average Bonchev–Trinajstić information content (AvgIpc) is 3.47. The third-order valence-corrected chi connectivity index (χ3v) is 6.95. The molecule has 0 unspecified atom stereocenters. The predicted octanol–water partition coefficient (Wildman–Crippen LogP) is 6.71.